The second-order valence-electron chi connectivity index (χ2n) is 6.20. The van der Waals surface area contributed by atoms with Crippen LogP contribution in [0.3, 0.4) is 0 Å². The number of halogens is 3. The lowest BCUT2D eigenvalue weighted by Crippen LogP contribution is -2.26. The number of hydrogen-bond acceptors (Lipinski definition) is 2. The first-order valence-corrected chi connectivity index (χ1v) is 7.83. The average molecular weight is 316 g/mol. The van der Waals surface area contributed by atoms with E-state index in [2.05, 4.69) is 4.90 Å². The van der Waals surface area contributed by atoms with E-state index < -0.39 is 17.3 Å². The predicted octanol–water partition coefficient (Wildman–Crippen LogP) is 3.48. The summed E-state index contributed by atoms with van der Waals surface area (Å²) in [5, 5.41) is 0. The van der Waals surface area contributed by atoms with E-state index in [9.17, 15) is 18.0 Å². The maximum Gasteiger partial charge on any atom is 0.416 e. The lowest BCUT2D eigenvalue weighted by atomic mass is 10.0. The van der Waals surface area contributed by atoms with Crippen LogP contribution in [-0.4, -0.2) is 29.1 Å². The topological polar surface area (TPSA) is 25.2 Å². The molecular formula is C16H23F3N2O. The van der Waals surface area contributed by atoms with Gasteiger partial charge in [0.05, 0.1) is 5.56 Å². The van der Waals surface area contributed by atoms with E-state index in [4.69, 9.17) is 0 Å². The number of pyridine rings is 1. The number of alkyl halides is 3. The first-order valence-electron chi connectivity index (χ1n) is 7.83. The maximum absolute atomic E-state index is 13.1. The normalized spacial score (nSPS) is 16.6. The summed E-state index contributed by atoms with van der Waals surface area (Å²) >= 11 is 0. The molecule has 0 aromatic carbocycles. The number of aryl methyl sites for hydroxylation is 1. The van der Waals surface area contributed by atoms with E-state index >= 15 is 0 Å². The Balaban J connectivity index is 2.18. The minimum atomic E-state index is -4.47. The van der Waals surface area contributed by atoms with Crippen LogP contribution in [0.25, 0.3) is 0 Å². The van der Waals surface area contributed by atoms with Crippen LogP contribution >= 0.6 is 0 Å². The Morgan fingerprint density at radius 3 is 2.41 bits per heavy atom. The number of likely N-dealkylation sites (tertiary alicyclic amines) is 1. The minimum absolute atomic E-state index is 0.146. The zero-order chi connectivity index (χ0) is 16.3. The Morgan fingerprint density at radius 2 is 1.86 bits per heavy atom. The minimum Gasteiger partial charge on any atom is -0.313 e. The first-order chi connectivity index (χ1) is 10.3. The highest BCUT2D eigenvalue weighted by atomic mass is 19.4. The standard InChI is InChI=1S/C16H23F3N2O/c1-12(2)21-11-13(6-5-9-20-7-3-4-8-20)14(10-15(21)22)16(17,18)19/h10-12H,3-9H2,1-2H3. The van der Waals surface area contributed by atoms with Gasteiger partial charge in [0.25, 0.3) is 5.56 Å². The quantitative estimate of drug-likeness (QED) is 0.831. The number of nitrogens with zero attached hydrogens (tertiary/aromatic N) is 2. The molecule has 22 heavy (non-hydrogen) atoms. The molecule has 1 aromatic heterocycles. The Morgan fingerprint density at radius 1 is 1.23 bits per heavy atom. The van der Waals surface area contributed by atoms with Crippen molar-refractivity contribution < 1.29 is 13.2 Å². The maximum atomic E-state index is 13.1. The molecule has 1 saturated heterocycles. The molecule has 0 saturated carbocycles. The second-order valence-corrected chi connectivity index (χ2v) is 6.20. The van der Waals surface area contributed by atoms with Crippen LogP contribution in [0.1, 0.15) is 50.3 Å². The highest BCUT2D eigenvalue weighted by Crippen LogP contribution is 2.32. The molecule has 0 atom stereocenters. The van der Waals surface area contributed by atoms with Crippen molar-refractivity contribution in [2.45, 2.75) is 51.7 Å². The van der Waals surface area contributed by atoms with Gasteiger partial charge in [0.15, 0.2) is 0 Å². The molecule has 0 unspecified atom stereocenters. The van der Waals surface area contributed by atoms with E-state index in [0.29, 0.717) is 12.8 Å². The molecule has 2 rings (SSSR count). The Bertz CT molecular complexity index is 557. The van der Waals surface area contributed by atoms with Crippen LogP contribution in [0.2, 0.25) is 0 Å². The molecule has 1 aromatic rings. The van der Waals surface area contributed by atoms with E-state index in [1.807, 2.05) is 0 Å². The van der Waals surface area contributed by atoms with Crippen molar-refractivity contribution in [3.05, 3.63) is 33.7 Å². The molecular weight excluding hydrogens is 293 g/mol. The van der Waals surface area contributed by atoms with Gasteiger partial charge in [-0.1, -0.05) is 0 Å². The third-order valence-electron chi connectivity index (χ3n) is 4.14. The molecule has 3 nitrogen and oxygen atoms in total. The van der Waals surface area contributed by atoms with Crippen molar-refractivity contribution in [3.63, 3.8) is 0 Å². The fraction of sp³-hybridized carbons (Fsp3) is 0.688. The van der Waals surface area contributed by atoms with Crippen LogP contribution in [-0.2, 0) is 12.6 Å². The summed E-state index contributed by atoms with van der Waals surface area (Å²) in [5.41, 5.74) is -1.15. The molecule has 0 amide bonds. The van der Waals surface area contributed by atoms with Crippen molar-refractivity contribution >= 4 is 0 Å². The van der Waals surface area contributed by atoms with Crippen molar-refractivity contribution in [2.75, 3.05) is 19.6 Å². The fourth-order valence-electron chi connectivity index (χ4n) is 2.96. The highest BCUT2D eigenvalue weighted by molar-refractivity contribution is 5.27. The van der Waals surface area contributed by atoms with Gasteiger partial charge in [-0.05, 0) is 64.7 Å². The Kier molecular flexibility index (Phi) is 5.32. The van der Waals surface area contributed by atoms with Gasteiger partial charge >= 0.3 is 6.18 Å². The number of aromatic nitrogens is 1. The number of rotatable bonds is 5. The van der Waals surface area contributed by atoms with Gasteiger partial charge in [0.2, 0.25) is 0 Å². The molecule has 1 aliphatic rings. The van der Waals surface area contributed by atoms with Gasteiger partial charge in [-0.25, -0.2) is 0 Å². The first kappa shape index (κ1) is 17.1. The largest absolute Gasteiger partial charge is 0.416 e. The van der Waals surface area contributed by atoms with Crippen LogP contribution in [0.4, 0.5) is 13.2 Å². The van der Waals surface area contributed by atoms with E-state index in [1.54, 1.807) is 13.8 Å². The van der Waals surface area contributed by atoms with Crippen molar-refractivity contribution in [2.24, 2.45) is 0 Å². The fourth-order valence-corrected chi connectivity index (χ4v) is 2.96. The molecule has 0 bridgehead atoms. The van der Waals surface area contributed by atoms with Gasteiger partial charge in [-0.2, -0.15) is 13.2 Å². The SMILES string of the molecule is CC(C)n1cc(CCCN2CCCC2)c(C(F)(F)F)cc1=O. The summed E-state index contributed by atoms with van der Waals surface area (Å²) in [6, 6.07) is 0.595. The zero-order valence-electron chi connectivity index (χ0n) is 13.1. The van der Waals surface area contributed by atoms with Crippen molar-refractivity contribution in [1.82, 2.24) is 9.47 Å². The summed E-state index contributed by atoms with van der Waals surface area (Å²) in [6.45, 7) is 6.48. The molecule has 0 radical (unpaired) electrons. The lowest BCUT2D eigenvalue weighted by molar-refractivity contribution is -0.138. The predicted molar refractivity (Wildman–Crippen MR) is 80.1 cm³/mol. The molecule has 0 aliphatic carbocycles. The summed E-state index contributed by atoms with van der Waals surface area (Å²) in [6.07, 6.45) is 0.286. The molecule has 1 fully saturated rings. The van der Waals surface area contributed by atoms with E-state index in [1.165, 1.54) is 23.6 Å². The van der Waals surface area contributed by atoms with Gasteiger partial charge < -0.3 is 9.47 Å². The second kappa shape index (κ2) is 6.86. The Hall–Kier alpha value is -1.30. The van der Waals surface area contributed by atoms with Gasteiger partial charge in [0, 0.05) is 18.3 Å². The summed E-state index contributed by atoms with van der Waals surface area (Å²) in [4.78, 5) is 14.1. The molecule has 0 spiro atoms. The molecule has 1 aliphatic heterocycles. The van der Waals surface area contributed by atoms with Crippen LogP contribution in [0, 0.1) is 0 Å². The summed E-state index contributed by atoms with van der Waals surface area (Å²) < 4.78 is 40.8. The lowest BCUT2D eigenvalue weighted by Gasteiger charge is -2.19. The van der Waals surface area contributed by atoms with E-state index in [0.717, 1.165) is 25.7 Å². The third-order valence-corrected chi connectivity index (χ3v) is 4.14. The Labute approximate surface area is 128 Å². The molecule has 0 N–H and O–H groups in total. The number of hydrogen-bond donors (Lipinski definition) is 0. The molecule has 6 heteroatoms. The monoisotopic (exact) mass is 316 g/mol. The zero-order valence-corrected chi connectivity index (χ0v) is 13.1. The third kappa shape index (κ3) is 4.12. The van der Waals surface area contributed by atoms with Gasteiger partial charge in [0.1, 0.15) is 0 Å². The van der Waals surface area contributed by atoms with Crippen LogP contribution in [0.15, 0.2) is 17.1 Å². The van der Waals surface area contributed by atoms with Gasteiger partial charge in [-0.15, -0.1) is 0 Å². The van der Waals surface area contributed by atoms with Crippen LogP contribution < -0.4 is 5.56 Å². The van der Waals surface area contributed by atoms with Crippen molar-refractivity contribution in [1.29, 1.82) is 0 Å². The molecule has 2 heterocycles. The highest BCUT2D eigenvalue weighted by Gasteiger charge is 2.34. The van der Waals surface area contributed by atoms with Crippen LogP contribution in [0.5, 0.6) is 0 Å². The van der Waals surface area contributed by atoms with Crippen molar-refractivity contribution in [3.8, 4) is 0 Å². The average Bonchev–Trinajstić information content (AvgIpc) is 2.91. The summed E-state index contributed by atoms with van der Waals surface area (Å²) in [5.74, 6) is 0. The summed E-state index contributed by atoms with van der Waals surface area (Å²) in [7, 11) is 0. The smallest absolute Gasteiger partial charge is 0.313 e. The van der Waals surface area contributed by atoms with Gasteiger partial charge in [-0.3, -0.25) is 4.79 Å². The van der Waals surface area contributed by atoms with E-state index in [-0.39, 0.29) is 11.6 Å². The molecule has 124 valence electrons.